The van der Waals surface area contributed by atoms with Gasteiger partial charge in [0.1, 0.15) is 6.04 Å². The Morgan fingerprint density at radius 2 is 1.94 bits per heavy atom. The van der Waals surface area contributed by atoms with Gasteiger partial charge in [0.25, 0.3) is 0 Å². The largest absolute Gasteiger partial charge is 0.481 e. The van der Waals surface area contributed by atoms with Crippen molar-refractivity contribution in [2.45, 2.75) is 18.9 Å². The summed E-state index contributed by atoms with van der Waals surface area (Å²) in [6, 6.07) is 6.09. The fraction of sp³-hybridized carbons (Fsp3) is 0.333. The van der Waals surface area contributed by atoms with E-state index in [1.807, 2.05) is 12.1 Å². The van der Waals surface area contributed by atoms with Crippen molar-refractivity contribution in [3.63, 3.8) is 0 Å². The molecule has 0 saturated heterocycles. The van der Waals surface area contributed by atoms with Crippen molar-refractivity contribution in [3.8, 4) is 0 Å². The minimum Gasteiger partial charge on any atom is -0.481 e. The molecule has 5 nitrogen and oxygen atoms in total. The number of benzene rings is 1. The van der Waals surface area contributed by atoms with E-state index in [-0.39, 0.29) is 12.8 Å². The summed E-state index contributed by atoms with van der Waals surface area (Å²) < 4.78 is 0.853. The molecular weight excluding hydrogens is 302 g/mol. The van der Waals surface area contributed by atoms with Crippen LogP contribution < -0.4 is 5.73 Å². The maximum atomic E-state index is 11.1. The summed E-state index contributed by atoms with van der Waals surface area (Å²) in [5, 5.41) is 17.8. The summed E-state index contributed by atoms with van der Waals surface area (Å²) in [7, 11) is 0. The number of rotatable bonds is 6. The van der Waals surface area contributed by atoms with Crippen molar-refractivity contribution in [2.75, 3.05) is 0 Å². The van der Waals surface area contributed by atoms with Gasteiger partial charge in [0.15, 0.2) is 0 Å². The zero-order valence-electron chi connectivity index (χ0n) is 9.54. The molecule has 0 bridgehead atoms. The number of carbonyl (C=O) groups is 2. The van der Waals surface area contributed by atoms with E-state index in [2.05, 4.69) is 15.9 Å². The van der Waals surface area contributed by atoms with E-state index >= 15 is 0 Å². The first-order valence-corrected chi connectivity index (χ1v) is 6.15. The molecule has 0 aromatic heterocycles. The lowest BCUT2D eigenvalue weighted by Gasteiger charge is -2.15. The molecular formula is C12H14BrNO4. The average Bonchev–Trinajstić information content (AvgIpc) is 2.27. The van der Waals surface area contributed by atoms with E-state index in [0.717, 1.165) is 10.0 Å². The molecule has 0 radical (unpaired) electrons. The van der Waals surface area contributed by atoms with Gasteiger partial charge in [-0.15, -0.1) is 0 Å². The molecule has 0 fully saturated rings. The highest BCUT2D eigenvalue weighted by Gasteiger charge is 2.24. The molecule has 0 amide bonds. The molecule has 1 aromatic carbocycles. The normalized spacial score (nSPS) is 13.9. The van der Waals surface area contributed by atoms with Crippen LogP contribution in [0.2, 0.25) is 0 Å². The standard InChI is InChI=1S/C12H14BrNO4/c13-9-3-1-2-7(5-9)4-8(11(15)16)6-10(14)12(17)18/h1-3,5,8,10H,4,6,14H2,(H,15,16)(H,17,18)/t8-,10-/m1/s1. The third-order valence-electron chi connectivity index (χ3n) is 2.58. The molecule has 0 aliphatic carbocycles. The van der Waals surface area contributed by atoms with Crippen molar-refractivity contribution in [2.24, 2.45) is 11.7 Å². The van der Waals surface area contributed by atoms with Crippen molar-refractivity contribution in [1.82, 2.24) is 0 Å². The third-order valence-corrected chi connectivity index (χ3v) is 3.07. The van der Waals surface area contributed by atoms with Crippen LogP contribution in [0.4, 0.5) is 0 Å². The molecule has 0 aliphatic rings. The first kappa shape index (κ1) is 14.7. The van der Waals surface area contributed by atoms with E-state index in [1.165, 1.54) is 0 Å². The predicted octanol–water partition coefficient (Wildman–Crippen LogP) is 1.49. The molecule has 0 aliphatic heterocycles. The van der Waals surface area contributed by atoms with Gasteiger partial charge in [0.2, 0.25) is 0 Å². The fourth-order valence-electron chi connectivity index (χ4n) is 1.63. The maximum absolute atomic E-state index is 11.1. The Kier molecular flexibility index (Phi) is 5.30. The Balaban J connectivity index is 2.75. The van der Waals surface area contributed by atoms with Gasteiger partial charge >= 0.3 is 11.9 Å². The van der Waals surface area contributed by atoms with E-state index in [0.29, 0.717) is 0 Å². The summed E-state index contributed by atoms with van der Waals surface area (Å²) in [5.41, 5.74) is 6.19. The molecule has 2 atom stereocenters. The number of carboxylic acids is 2. The van der Waals surface area contributed by atoms with Crippen molar-refractivity contribution in [3.05, 3.63) is 34.3 Å². The highest BCUT2D eigenvalue weighted by Crippen LogP contribution is 2.18. The lowest BCUT2D eigenvalue weighted by Crippen LogP contribution is -2.35. The Hall–Kier alpha value is -1.40. The zero-order valence-corrected chi connectivity index (χ0v) is 11.1. The van der Waals surface area contributed by atoms with Crippen LogP contribution in [-0.4, -0.2) is 28.2 Å². The van der Waals surface area contributed by atoms with Gasteiger partial charge in [-0.05, 0) is 30.5 Å². The van der Waals surface area contributed by atoms with Crippen molar-refractivity contribution in [1.29, 1.82) is 0 Å². The highest BCUT2D eigenvalue weighted by atomic mass is 79.9. The number of aliphatic carboxylic acids is 2. The summed E-state index contributed by atoms with van der Waals surface area (Å²) in [6.07, 6.45) is 0.174. The quantitative estimate of drug-likeness (QED) is 0.738. The van der Waals surface area contributed by atoms with E-state index in [1.54, 1.807) is 12.1 Å². The Morgan fingerprint density at radius 3 is 2.44 bits per heavy atom. The first-order valence-electron chi connectivity index (χ1n) is 5.35. The number of hydrogen-bond acceptors (Lipinski definition) is 3. The van der Waals surface area contributed by atoms with E-state index in [9.17, 15) is 9.59 Å². The third kappa shape index (κ3) is 4.46. The molecule has 1 rings (SSSR count). The summed E-state index contributed by atoms with van der Waals surface area (Å²) in [5.74, 6) is -3.02. The van der Waals surface area contributed by atoms with Crippen molar-refractivity contribution >= 4 is 27.9 Å². The number of carboxylic acid groups (broad SMARTS) is 2. The zero-order chi connectivity index (χ0) is 13.7. The molecule has 1 aromatic rings. The minimum absolute atomic E-state index is 0.0861. The number of hydrogen-bond donors (Lipinski definition) is 3. The Bertz CT molecular complexity index is 449. The summed E-state index contributed by atoms with van der Waals surface area (Å²) in [6.45, 7) is 0. The molecule has 98 valence electrons. The van der Waals surface area contributed by atoms with Crippen LogP contribution in [0.1, 0.15) is 12.0 Å². The van der Waals surface area contributed by atoms with Crippen LogP contribution in [0.15, 0.2) is 28.7 Å². The van der Waals surface area contributed by atoms with Crippen LogP contribution in [0.5, 0.6) is 0 Å². The molecule has 18 heavy (non-hydrogen) atoms. The molecule has 4 N–H and O–H groups in total. The van der Waals surface area contributed by atoms with Crippen LogP contribution in [0.25, 0.3) is 0 Å². The van der Waals surface area contributed by atoms with Gasteiger partial charge in [-0.1, -0.05) is 28.1 Å². The first-order chi connectivity index (χ1) is 8.40. The maximum Gasteiger partial charge on any atom is 0.320 e. The highest BCUT2D eigenvalue weighted by molar-refractivity contribution is 9.10. The minimum atomic E-state index is -1.18. The lowest BCUT2D eigenvalue weighted by atomic mass is 9.93. The fourth-order valence-corrected chi connectivity index (χ4v) is 2.07. The lowest BCUT2D eigenvalue weighted by molar-refractivity contribution is -0.143. The van der Waals surface area contributed by atoms with E-state index < -0.39 is 23.9 Å². The second-order valence-electron chi connectivity index (χ2n) is 4.05. The molecule has 6 heteroatoms. The van der Waals surface area contributed by atoms with Gasteiger partial charge in [-0.25, -0.2) is 0 Å². The second kappa shape index (κ2) is 6.51. The summed E-state index contributed by atoms with van der Waals surface area (Å²) in [4.78, 5) is 21.7. The van der Waals surface area contributed by atoms with E-state index in [4.69, 9.17) is 15.9 Å². The molecule has 0 unspecified atom stereocenters. The predicted molar refractivity (Wildman–Crippen MR) is 69.2 cm³/mol. The van der Waals surface area contributed by atoms with Crippen LogP contribution in [0, 0.1) is 5.92 Å². The smallest absolute Gasteiger partial charge is 0.320 e. The van der Waals surface area contributed by atoms with Gasteiger partial charge < -0.3 is 15.9 Å². The van der Waals surface area contributed by atoms with Crippen LogP contribution in [0.3, 0.4) is 0 Å². The molecule has 0 heterocycles. The van der Waals surface area contributed by atoms with Gasteiger partial charge in [-0.3, -0.25) is 9.59 Å². The van der Waals surface area contributed by atoms with Gasteiger partial charge in [0.05, 0.1) is 5.92 Å². The second-order valence-corrected chi connectivity index (χ2v) is 4.97. The monoisotopic (exact) mass is 315 g/mol. The SMILES string of the molecule is N[C@H](C[C@@H](Cc1cccc(Br)c1)C(=O)O)C(=O)O. The Morgan fingerprint density at radius 1 is 1.28 bits per heavy atom. The number of halogens is 1. The number of nitrogens with two attached hydrogens (primary N) is 1. The van der Waals surface area contributed by atoms with Crippen LogP contribution in [-0.2, 0) is 16.0 Å². The van der Waals surface area contributed by atoms with Crippen molar-refractivity contribution < 1.29 is 19.8 Å². The molecule has 0 saturated carbocycles. The summed E-state index contributed by atoms with van der Waals surface area (Å²) >= 11 is 3.30. The average molecular weight is 316 g/mol. The molecule has 0 spiro atoms. The Labute approximate surface area is 113 Å². The van der Waals surface area contributed by atoms with Gasteiger partial charge in [0, 0.05) is 4.47 Å². The van der Waals surface area contributed by atoms with Crippen LogP contribution >= 0.6 is 15.9 Å². The van der Waals surface area contributed by atoms with Gasteiger partial charge in [-0.2, -0.15) is 0 Å². The topological polar surface area (TPSA) is 101 Å².